The smallest absolute Gasteiger partial charge is 0.241 e. The van der Waals surface area contributed by atoms with Crippen LogP contribution in [0.15, 0.2) is 0 Å². The zero-order valence-electron chi connectivity index (χ0n) is 11.0. The molecule has 0 aliphatic carbocycles. The zero-order chi connectivity index (χ0) is 13.3. The van der Waals surface area contributed by atoms with Gasteiger partial charge in [-0.25, -0.2) is 0 Å². The zero-order valence-corrected chi connectivity index (χ0v) is 11.0. The van der Waals surface area contributed by atoms with Crippen LogP contribution in [0.5, 0.6) is 0 Å². The van der Waals surface area contributed by atoms with Gasteiger partial charge in [-0.05, 0) is 19.3 Å². The second-order valence-corrected chi connectivity index (χ2v) is 4.29. The Morgan fingerprint density at radius 3 is 2.18 bits per heavy atom. The molecule has 0 aliphatic heterocycles. The van der Waals surface area contributed by atoms with Gasteiger partial charge in [0.25, 0.3) is 0 Å². The molecule has 3 heteroatoms. The standard InChI is InChI=1S/C14H22N2O/c1-5-9-14(11-15,10-6-2)13(17)16-12(7-3)8-4/h3,12H,5-6,8-10H2,1-2,4H3,(H,16,17). The Hall–Kier alpha value is -1.48. The van der Waals surface area contributed by atoms with Gasteiger partial charge in [0.2, 0.25) is 5.91 Å². The summed E-state index contributed by atoms with van der Waals surface area (Å²) in [7, 11) is 0. The summed E-state index contributed by atoms with van der Waals surface area (Å²) in [4.78, 5) is 12.2. The average Bonchev–Trinajstić information content (AvgIpc) is 2.35. The van der Waals surface area contributed by atoms with Crippen LogP contribution in [-0.4, -0.2) is 11.9 Å². The maximum absolute atomic E-state index is 12.2. The van der Waals surface area contributed by atoms with Gasteiger partial charge in [0.05, 0.1) is 12.1 Å². The Bertz CT molecular complexity index is 316. The highest BCUT2D eigenvalue weighted by Gasteiger charge is 2.37. The molecular weight excluding hydrogens is 212 g/mol. The van der Waals surface area contributed by atoms with E-state index in [9.17, 15) is 10.1 Å². The van der Waals surface area contributed by atoms with Crippen LogP contribution in [0.25, 0.3) is 0 Å². The second kappa shape index (κ2) is 7.74. The summed E-state index contributed by atoms with van der Waals surface area (Å²) in [5, 5.41) is 12.1. The van der Waals surface area contributed by atoms with Crippen LogP contribution in [0, 0.1) is 29.1 Å². The lowest BCUT2D eigenvalue weighted by Crippen LogP contribution is -2.44. The molecular formula is C14H22N2O. The molecule has 3 nitrogen and oxygen atoms in total. The van der Waals surface area contributed by atoms with Crippen LogP contribution < -0.4 is 5.32 Å². The van der Waals surface area contributed by atoms with E-state index in [1.807, 2.05) is 20.8 Å². The number of amides is 1. The first kappa shape index (κ1) is 15.5. The van der Waals surface area contributed by atoms with E-state index in [2.05, 4.69) is 17.3 Å². The fourth-order valence-corrected chi connectivity index (χ4v) is 1.93. The summed E-state index contributed by atoms with van der Waals surface area (Å²) in [5.41, 5.74) is -0.909. The van der Waals surface area contributed by atoms with Crippen LogP contribution in [0.2, 0.25) is 0 Å². The third-order valence-electron chi connectivity index (χ3n) is 2.92. The quantitative estimate of drug-likeness (QED) is 0.688. The van der Waals surface area contributed by atoms with Crippen LogP contribution >= 0.6 is 0 Å². The lowest BCUT2D eigenvalue weighted by Gasteiger charge is -2.26. The Morgan fingerprint density at radius 2 is 1.88 bits per heavy atom. The molecule has 0 aromatic carbocycles. The molecule has 0 aromatic heterocycles. The Balaban J connectivity index is 4.87. The van der Waals surface area contributed by atoms with E-state index in [1.165, 1.54) is 0 Å². The molecule has 0 heterocycles. The topological polar surface area (TPSA) is 52.9 Å². The van der Waals surface area contributed by atoms with Crippen molar-refractivity contribution >= 4 is 5.91 Å². The fraction of sp³-hybridized carbons (Fsp3) is 0.714. The first-order chi connectivity index (χ1) is 8.10. The number of nitrogens with zero attached hydrogens (tertiary/aromatic N) is 1. The molecule has 1 unspecified atom stereocenters. The summed E-state index contributed by atoms with van der Waals surface area (Å²) in [6, 6.07) is 1.92. The first-order valence-corrected chi connectivity index (χ1v) is 6.28. The summed E-state index contributed by atoms with van der Waals surface area (Å²) in [5.74, 6) is 2.31. The Morgan fingerprint density at radius 1 is 1.35 bits per heavy atom. The fourth-order valence-electron chi connectivity index (χ4n) is 1.93. The highest BCUT2D eigenvalue weighted by Crippen LogP contribution is 2.29. The van der Waals surface area contributed by atoms with Gasteiger partial charge >= 0.3 is 0 Å². The minimum atomic E-state index is -0.909. The van der Waals surface area contributed by atoms with Crippen molar-refractivity contribution in [2.24, 2.45) is 5.41 Å². The summed E-state index contributed by atoms with van der Waals surface area (Å²) < 4.78 is 0. The average molecular weight is 234 g/mol. The molecule has 0 fully saturated rings. The third-order valence-corrected chi connectivity index (χ3v) is 2.92. The van der Waals surface area contributed by atoms with Crippen molar-refractivity contribution in [1.82, 2.24) is 5.32 Å². The highest BCUT2D eigenvalue weighted by atomic mass is 16.2. The molecule has 0 saturated carbocycles. The Kier molecular flexibility index (Phi) is 7.06. The number of hydrogen-bond acceptors (Lipinski definition) is 2. The lowest BCUT2D eigenvalue weighted by molar-refractivity contribution is -0.129. The van der Waals surface area contributed by atoms with Gasteiger partial charge in [0.1, 0.15) is 5.41 Å². The molecule has 1 N–H and O–H groups in total. The van der Waals surface area contributed by atoms with Crippen molar-refractivity contribution in [3.05, 3.63) is 0 Å². The van der Waals surface area contributed by atoms with Crippen molar-refractivity contribution < 1.29 is 4.79 Å². The molecule has 0 radical (unpaired) electrons. The molecule has 0 bridgehead atoms. The van der Waals surface area contributed by atoms with Gasteiger partial charge in [-0.1, -0.05) is 39.5 Å². The van der Waals surface area contributed by atoms with Crippen molar-refractivity contribution in [1.29, 1.82) is 5.26 Å². The SMILES string of the molecule is C#CC(CC)NC(=O)C(C#N)(CCC)CCC. The molecule has 0 saturated heterocycles. The Labute approximate surface area is 105 Å². The van der Waals surface area contributed by atoms with Crippen LogP contribution in [-0.2, 0) is 4.79 Å². The van der Waals surface area contributed by atoms with E-state index in [0.717, 1.165) is 12.8 Å². The number of carbonyl (C=O) groups excluding carboxylic acids is 1. The molecule has 0 aromatic rings. The van der Waals surface area contributed by atoms with Crippen LogP contribution in [0.1, 0.15) is 52.9 Å². The van der Waals surface area contributed by atoms with Crippen molar-refractivity contribution in [2.45, 2.75) is 58.9 Å². The largest absolute Gasteiger partial charge is 0.341 e. The van der Waals surface area contributed by atoms with E-state index < -0.39 is 5.41 Å². The monoisotopic (exact) mass is 234 g/mol. The summed E-state index contributed by atoms with van der Waals surface area (Å²) in [6.45, 7) is 5.87. The molecule has 0 rings (SSSR count). The van der Waals surface area contributed by atoms with Gasteiger partial charge < -0.3 is 5.32 Å². The van der Waals surface area contributed by atoms with Crippen molar-refractivity contribution in [3.63, 3.8) is 0 Å². The van der Waals surface area contributed by atoms with Gasteiger partial charge in [0.15, 0.2) is 0 Å². The number of carbonyl (C=O) groups is 1. The molecule has 0 spiro atoms. The number of nitriles is 1. The minimum absolute atomic E-state index is 0.214. The van der Waals surface area contributed by atoms with E-state index in [1.54, 1.807) is 0 Å². The van der Waals surface area contributed by atoms with E-state index in [4.69, 9.17) is 6.42 Å². The van der Waals surface area contributed by atoms with Gasteiger partial charge in [-0.15, -0.1) is 6.42 Å². The summed E-state index contributed by atoms with van der Waals surface area (Å²) >= 11 is 0. The normalized spacial score (nSPS) is 12.3. The number of nitrogens with one attached hydrogen (secondary N) is 1. The number of rotatable bonds is 7. The minimum Gasteiger partial charge on any atom is -0.341 e. The number of hydrogen-bond donors (Lipinski definition) is 1. The van der Waals surface area contributed by atoms with Gasteiger partial charge in [-0.3, -0.25) is 4.79 Å². The van der Waals surface area contributed by atoms with Crippen molar-refractivity contribution in [3.8, 4) is 18.4 Å². The molecule has 1 amide bonds. The maximum Gasteiger partial charge on any atom is 0.241 e. The van der Waals surface area contributed by atoms with Crippen LogP contribution in [0.3, 0.4) is 0 Å². The molecule has 0 aliphatic rings. The molecule has 1 atom stereocenters. The first-order valence-electron chi connectivity index (χ1n) is 6.28. The summed E-state index contributed by atoms with van der Waals surface area (Å²) in [6.07, 6.45) is 8.80. The predicted octanol–water partition coefficient (Wildman–Crippen LogP) is 2.62. The number of terminal acetylenes is 1. The maximum atomic E-state index is 12.2. The van der Waals surface area contributed by atoms with Gasteiger partial charge in [-0.2, -0.15) is 5.26 Å². The highest BCUT2D eigenvalue weighted by molar-refractivity contribution is 5.85. The molecule has 94 valence electrons. The lowest BCUT2D eigenvalue weighted by atomic mass is 9.79. The van der Waals surface area contributed by atoms with E-state index >= 15 is 0 Å². The second-order valence-electron chi connectivity index (χ2n) is 4.29. The molecule has 17 heavy (non-hydrogen) atoms. The van der Waals surface area contributed by atoms with Crippen LogP contribution in [0.4, 0.5) is 0 Å². The third kappa shape index (κ3) is 4.11. The van der Waals surface area contributed by atoms with Gasteiger partial charge in [0, 0.05) is 0 Å². The van der Waals surface area contributed by atoms with Crippen molar-refractivity contribution in [2.75, 3.05) is 0 Å². The van der Waals surface area contributed by atoms with E-state index in [-0.39, 0.29) is 11.9 Å². The predicted molar refractivity (Wildman–Crippen MR) is 68.9 cm³/mol. The van der Waals surface area contributed by atoms with E-state index in [0.29, 0.717) is 19.3 Å².